The summed E-state index contributed by atoms with van der Waals surface area (Å²) in [4.78, 5) is 13.6. The molecular weight excluding hydrogens is 373 g/mol. The van der Waals surface area contributed by atoms with Crippen LogP contribution >= 0.6 is 0 Å². The van der Waals surface area contributed by atoms with Crippen LogP contribution in [0.4, 0.5) is 18.9 Å². The molecular formula is C19H19F3N4O2. The number of ether oxygens (including phenoxy) is 1. The van der Waals surface area contributed by atoms with Crippen LogP contribution in [0.25, 0.3) is 5.52 Å². The van der Waals surface area contributed by atoms with Crippen LogP contribution in [0, 0.1) is 5.82 Å². The molecule has 1 aliphatic heterocycles. The number of pyridine rings is 1. The van der Waals surface area contributed by atoms with Gasteiger partial charge in [-0.3, -0.25) is 4.79 Å². The van der Waals surface area contributed by atoms with Crippen LogP contribution in [0.5, 0.6) is 5.75 Å². The predicted octanol–water partition coefficient (Wildman–Crippen LogP) is 3.46. The molecule has 3 aromatic rings. The van der Waals surface area contributed by atoms with Crippen molar-refractivity contribution in [2.75, 3.05) is 18.0 Å². The van der Waals surface area contributed by atoms with Crippen LogP contribution in [0.1, 0.15) is 23.2 Å². The summed E-state index contributed by atoms with van der Waals surface area (Å²) in [6.07, 6.45) is 5.85. The molecule has 9 heteroatoms. The Labute approximate surface area is 159 Å². The predicted molar refractivity (Wildman–Crippen MR) is 98.2 cm³/mol. The summed E-state index contributed by atoms with van der Waals surface area (Å²) in [5.41, 5.74) is 7.72. The van der Waals surface area contributed by atoms with Crippen molar-refractivity contribution in [3.05, 3.63) is 60.2 Å². The molecule has 0 unspecified atom stereocenters. The molecule has 1 saturated heterocycles. The van der Waals surface area contributed by atoms with Gasteiger partial charge in [0.25, 0.3) is 5.91 Å². The minimum Gasteiger partial charge on any atom is -0.435 e. The first-order chi connectivity index (χ1) is 13.4. The van der Waals surface area contributed by atoms with Gasteiger partial charge in [-0.1, -0.05) is 0 Å². The Bertz CT molecular complexity index is 938. The second-order valence-electron chi connectivity index (χ2n) is 6.16. The fourth-order valence-electron chi connectivity index (χ4n) is 2.95. The summed E-state index contributed by atoms with van der Waals surface area (Å²) in [7, 11) is 0. The molecule has 0 spiro atoms. The van der Waals surface area contributed by atoms with Gasteiger partial charge in [0.2, 0.25) is 0 Å². The Morgan fingerprint density at radius 2 is 1.82 bits per heavy atom. The highest BCUT2D eigenvalue weighted by molar-refractivity contribution is 5.99. The number of aromatic nitrogens is 2. The summed E-state index contributed by atoms with van der Waals surface area (Å²) < 4.78 is 40.8. The van der Waals surface area contributed by atoms with Gasteiger partial charge in [-0.2, -0.15) is 13.9 Å². The zero-order valence-electron chi connectivity index (χ0n) is 14.9. The van der Waals surface area contributed by atoms with Crippen LogP contribution in [0.3, 0.4) is 0 Å². The van der Waals surface area contributed by atoms with Crippen molar-refractivity contribution in [1.29, 1.82) is 0 Å². The number of carbonyl (C=O) groups is 1. The highest BCUT2D eigenvalue weighted by Gasteiger charge is 2.15. The van der Waals surface area contributed by atoms with Crippen molar-refractivity contribution in [1.82, 2.24) is 9.61 Å². The van der Waals surface area contributed by atoms with Crippen molar-refractivity contribution >= 4 is 17.1 Å². The molecule has 1 amide bonds. The molecule has 1 aliphatic rings. The molecule has 0 atom stereocenters. The SMILES string of the molecule is Fc1ccc(OC(F)F)cc1.NC(=O)c1cnn2ccc(N3CCCC3)cc12. The van der Waals surface area contributed by atoms with Crippen molar-refractivity contribution in [2.45, 2.75) is 19.5 Å². The van der Waals surface area contributed by atoms with Gasteiger partial charge < -0.3 is 15.4 Å². The van der Waals surface area contributed by atoms with Crippen molar-refractivity contribution in [3.8, 4) is 5.75 Å². The monoisotopic (exact) mass is 392 g/mol. The number of nitrogens with zero attached hydrogens (tertiary/aromatic N) is 3. The van der Waals surface area contributed by atoms with E-state index in [-0.39, 0.29) is 5.75 Å². The largest absolute Gasteiger partial charge is 0.435 e. The van der Waals surface area contributed by atoms with Crippen molar-refractivity contribution in [2.24, 2.45) is 5.73 Å². The molecule has 0 saturated carbocycles. The Balaban J connectivity index is 0.000000178. The first kappa shape index (κ1) is 19.5. The topological polar surface area (TPSA) is 72.9 Å². The Kier molecular flexibility index (Phi) is 6.03. The highest BCUT2D eigenvalue weighted by atomic mass is 19.3. The number of anilines is 1. The molecule has 1 fully saturated rings. The Morgan fingerprint density at radius 1 is 1.14 bits per heavy atom. The van der Waals surface area contributed by atoms with Gasteiger partial charge in [-0.05, 0) is 49.2 Å². The molecule has 1 aromatic carbocycles. The molecule has 0 bridgehead atoms. The molecule has 148 valence electrons. The van der Waals surface area contributed by atoms with Crippen molar-refractivity contribution < 1.29 is 22.7 Å². The number of hydrogen-bond acceptors (Lipinski definition) is 4. The molecule has 6 nitrogen and oxygen atoms in total. The average Bonchev–Trinajstić information content (AvgIpc) is 3.33. The third-order valence-corrected chi connectivity index (χ3v) is 4.28. The zero-order chi connectivity index (χ0) is 20.1. The smallest absolute Gasteiger partial charge is 0.387 e. The van der Waals surface area contributed by atoms with E-state index in [4.69, 9.17) is 5.73 Å². The molecule has 2 aromatic heterocycles. The fraction of sp³-hybridized carbons (Fsp3) is 0.263. The second-order valence-corrected chi connectivity index (χ2v) is 6.16. The molecule has 0 radical (unpaired) electrons. The summed E-state index contributed by atoms with van der Waals surface area (Å²) in [5, 5.41) is 4.10. The number of halogens is 3. The molecule has 2 N–H and O–H groups in total. The Hall–Kier alpha value is -3.23. The van der Waals surface area contributed by atoms with Gasteiger partial charge in [0.15, 0.2) is 0 Å². The van der Waals surface area contributed by atoms with Gasteiger partial charge in [0.05, 0.1) is 17.3 Å². The fourth-order valence-corrected chi connectivity index (χ4v) is 2.95. The normalized spacial score (nSPS) is 13.5. The minimum atomic E-state index is -2.86. The molecule has 3 heterocycles. The second kappa shape index (κ2) is 8.64. The summed E-state index contributed by atoms with van der Waals surface area (Å²) >= 11 is 0. The number of hydrogen-bond donors (Lipinski definition) is 1. The third-order valence-electron chi connectivity index (χ3n) is 4.28. The van der Waals surface area contributed by atoms with Crippen molar-refractivity contribution in [3.63, 3.8) is 0 Å². The Morgan fingerprint density at radius 3 is 2.43 bits per heavy atom. The van der Waals surface area contributed by atoms with E-state index >= 15 is 0 Å². The number of nitrogens with two attached hydrogens (primary N) is 1. The van der Waals surface area contributed by atoms with E-state index in [1.54, 1.807) is 4.52 Å². The lowest BCUT2D eigenvalue weighted by molar-refractivity contribution is -0.0498. The standard InChI is InChI=1S/C12H14N4O.C7H5F3O/c13-12(17)10-8-14-16-6-3-9(7-11(10)16)15-4-1-2-5-15;8-5-1-3-6(4-2-5)11-7(9)10/h3,6-8H,1-2,4-5H2,(H2,13,17);1-4,7H. The highest BCUT2D eigenvalue weighted by Crippen LogP contribution is 2.23. The lowest BCUT2D eigenvalue weighted by Gasteiger charge is -2.17. The molecule has 28 heavy (non-hydrogen) atoms. The molecule has 0 aliphatic carbocycles. The van der Waals surface area contributed by atoms with Gasteiger partial charge in [-0.25, -0.2) is 8.91 Å². The van der Waals surface area contributed by atoms with E-state index in [1.165, 1.54) is 19.0 Å². The number of amides is 1. The van der Waals surface area contributed by atoms with E-state index in [0.717, 1.165) is 48.6 Å². The lowest BCUT2D eigenvalue weighted by Crippen LogP contribution is -2.17. The quantitative estimate of drug-likeness (QED) is 0.738. The number of benzene rings is 1. The maximum Gasteiger partial charge on any atom is 0.387 e. The van der Waals surface area contributed by atoms with E-state index in [0.29, 0.717) is 5.56 Å². The maximum absolute atomic E-state index is 12.2. The maximum atomic E-state index is 12.2. The number of rotatable bonds is 4. The van der Waals surface area contributed by atoms with Gasteiger partial charge in [0, 0.05) is 25.0 Å². The van der Waals surface area contributed by atoms with E-state index < -0.39 is 18.3 Å². The lowest BCUT2D eigenvalue weighted by atomic mass is 10.2. The minimum absolute atomic E-state index is 0.0404. The number of fused-ring (bicyclic) bond motifs is 1. The summed E-state index contributed by atoms with van der Waals surface area (Å²) in [6, 6.07) is 8.40. The summed E-state index contributed by atoms with van der Waals surface area (Å²) in [5.74, 6) is -0.952. The van der Waals surface area contributed by atoms with Gasteiger partial charge in [-0.15, -0.1) is 0 Å². The van der Waals surface area contributed by atoms with E-state index in [2.05, 4.69) is 14.7 Å². The number of alkyl halides is 2. The van der Waals surface area contributed by atoms with Crippen LogP contribution in [0.15, 0.2) is 48.8 Å². The van der Waals surface area contributed by atoms with Gasteiger partial charge >= 0.3 is 6.61 Å². The summed E-state index contributed by atoms with van der Waals surface area (Å²) in [6.45, 7) is -0.702. The zero-order valence-corrected chi connectivity index (χ0v) is 14.9. The van der Waals surface area contributed by atoms with Crippen LogP contribution in [0.2, 0.25) is 0 Å². The van der Waals surface area contributed by atoms with E-state index in [9.17, 15) is 18.0 Å². The van der Waals surface area contributed by atoms with Crippen LogP contribution < -0.4 is 15.4 Å². The third kappa shape index (κ3) is 4.73. The van der Waals surface area contributed by atoms with Crippen LogP contribution in [-0.4, -0.2) is 35.2 Å². The van der Waals surface area contributed by atoms with E-state index in [1.807, 2.05) is 18.3 Å². The number of primary amides is 1. The average molecular weight is 392 g/mol. The van der Waals surface area contributed by atoms with Gasteiger partial charge in [0.1, 0.15) is 11.6 Å². The number of carbonyl (C=O) groups excluding carboxylic acids is 1. The first-order valence-electron chi connectivity index (χ1n) is 8.66. The van der Waals surface area contributed by atoms with Crippen LogP contribution in [-0.2, 0) is 0 Å². The first-order valence-corrected chi connectivity index (χ1v) is 8.66. The molecule has 4 rings (SSSR count).